The van der Waals surface area contributed by atoms with Crippen LogP contribution in [0.1, 0.15) is 48.5 Å². The molecule has 1 aliphatic rings. The number of carbonyl (C=O) groups is 1. The van der Waals surface area contributed by atoms with Gasteiger partial charge in [0.05, 0.1) is 11.2 Å². The molecule has 0 N–H and O–H groups in total. The van der Waals surface area contributed by atoms with Gasteiger partial charge in [0.15, 0.2) is 0 Å². The van der Waals surface area contributed by atoms with Gasteiger partial charge in [0.2, 0.25) is 0 Å². The monoisotopic (exact) mass is 280 g/mol. The van der Waals surface area contributed by atoms with Gasteiger partial charge < -0.3 is 14.0 Å². The molecule has 0 spiro atoms. The molecule has 1 heterocycles. The van der Waals surface area contributed by atoms with E-state index in [4.69, 9.17) is 14.0 Å². The summed E-state index contributed by atoms with van der Waals surface area (Å²) in [6, 6.07) is 0. The maximum Gasteiger partial charge on any atom is 0.487 e. The summed E-state index contributed by atoms with van der Waals surface area (Å²) in [5.41, 5.74) is -1.18. The summed E-state index contributed by atoms with van der Waals surface area (Å²) in [4.78, 5) is 11.5. The van der Waals surface area contributed by atoms with Crippen molar-refractivity contribution in [3.8, 4) is 0 Å². The Bertz CT molecular complexity index is 400. The highest BCUT2D eigenvalue weighted by atomic mass is 16.7. The van der Waals surface area contributed by atoms with E-state index in [9.17, 15) is 4.79 Å². The van der Waals surface area contributed by atoms with Gasteiger partial charge in [-0.25, -0.2) is 4.79 Å². The molecule has 112 valence electrons. The Morgan fingerprint density at radius 3 is 2.00 bits per heavy atom. The van der Waals surface area contributed by atoms with E-state index in [1.54, 1.807) is 18.1 Å². The summed E-state index contributed by atoms with van der Waals surface area (Å²) in [7, 11) is -0.400. The zero-order chi connectivity index (χ0) is 15.6. The van der Waals surface area contributed by atoms with Crippen LogP contribution in [0.5, 0.6) is 0 Å². The van der Waals surface area contributed by atoms with Crippen molar-refractivity contribution in [1.82, 2.24) is 0 Å². The first-order chi connectivity index (χ1) is 8.93. The summed E-state index contributed by atoms with van der Waals surface area (Å²) >= 11 is 0. The Kier molecular flexibility index (Phi) is 4.88. The first-order valence-corrected chi connectivity index (χ1v) is 6.86. The van der Waals surface area contributed by atoms with Crippen LogP contribution in [0.4, 0.5) is 0 Å². The number of hydrogen-bond acceptors (Lipinski definition) is 4. The van der Waals surface area contributed by atoms with Gasteiger partial charge in [0.1, 0.15) is 5.60 Å². The van der Waals surface area contributed by atoms with Crippen molar-refractivity contribution < 1.29 is 18.8 Å². The predicted octanol–water partition coefficient (Wildman–Crippen LogP) is 3.07. The van der Waals surface area contributed by atoms with E-state index in [-0.39, 0.29) is 17.2 Å². The summed E-state index contributed by atoms with van der Waals surface area (Å²) < 4.78 is 16.7. The topological polar surface area (TPSA) is 44.8 Å². The third kappa shape index (κ3) is 4.80. The molecule has 4 nitrogen and oxygen atoms in total. The van der Waals surface area contributed by atoms with Gasteiger partial charge in [0, 0.05) is 6.08 Å². The van der Waals surface area contributed by atoms with Crippen LogP contribution >= 0.6 is 0 Å². The molecule has 0 unspecified atom stereocenters. The van der Waals surface area contributed by atoms with Crippen LogP contribution in [-0.2, 0) is 18.8 Å². The first-order valence-electron chi connectivity index (χ1n) is 6.86. The fraction of sp³-hybridized carbons (Fsp3) is 0.667. The van der Waals surface area contributed by atoms with Crippen LogP contribution in [0.3, 0.4) is 0 Å². The molecule has 0 saturated carbocycles. The van der Waals surface area contributed by atoms with Crippen molar-refractivity contribution in [2.75, 3.05) is 0 Å². The van der Waals surface area contributed by atoms with Crippen LogP contribution in [-0.4, -0.2) is 29.9 Å². The standard InChI is InChI=1S/C15H25BO4/c1-13(2,3)18-12(17)10-8-9-11-16-19-14(4,5)15(6,7)20-16/h8-11H,1-7H3/b10-8+,11-9-. The highest BCUT2D eigenvalue weighted by Gasteiger charge is 2.49. The zero-order valence-electron chi connectivity index (χ0n) is 13.5. The molecule has 0 amide bonds. The van der Waals surface area contributed by atoms with Crippen molar-refractivity contribution >= 4 is 13.1 Å². The molecule has 0 aromatic rings. The van der Waals surface area contributed by atoms with Gasteiger partial charge in [-0.15, -0.1) is 0 Å². The molecular formula is C15H25BO4. The van der Waals surface area contributed by atoms with Gasteiger partial charge >= 0.3 is 13.1 Å². The molecule has 0 bridgehead atoms. The smallest absolute Gasteiger partial charge is 0.457 e. The van der Waals surface area contributed by atoms with E-state index in [1.165, 1.54) is 6.08 Å². The minimum absolute atomic E-state index is 0.350. The molecule has 0 radical (unpaired) electrons. The molecule has 1 saturated heterocycles. The normalized spacial score (nSPS) is 21.9. The van der Waals surface area contributed by atoms with E-state index in [0.717, 1.165) is 0 Å². The highest BCUT2D eigenvalue weighted by molar-refractivity contribution is 6.51. The highest BCUT2D eigenvalue weighted by Crippen LogP contribution is 2.36. The zero-order valence-corrected chi connectivity index (χ0v) is 13.5. The Balaban J connectivity index is 2.49. The number of carbonyl (C=O) groups excluding carboxylic acids is 1. The Morgan fingerprint density at radius 2 is 1.55 bits per heavy atom. The fourth-order valence-electron chi connectivity index (χ4n) is 1.59. The third-order valence-electron chi connectivity index (χ3n) is 3.29. The number of hydrogen-bond donors (Lipinski definition) is 0. The lowest BCUT2D eigenvalue weighted by Crippen LogP contribution is -2.41. The molecule has 0 aromatic heterocycles. The number of rotatable bonds is 3. The van der Waals surface area contributed by atoms with Crippen LogP contribution < -0.4 is 0 Å². The lowest BCUT2D eigenvalue weighted by molar-refractivity contribution is -0.148. The molecule has 5 heteroatoms. The molecule has 1 rings (SSSR count). The third-order valence-corrected chi connectivity index (χ3v) is 3.29. The van der Waals surface area contributed by atoms with E-state index >= 15 is 0 Å². The molecule has 1 aliphatic heterocycles. The summed E-state index contributed by atoms with van der Waals surface area (Å²) in [6.45, 7) is 13.5. The Hall–Kier alpha value is -1.07. The maximum atomic E-state index is 11.5. The van der Waals surface area contributed by atoms with Crippen molar-refractivity contribution in [2.45, 2.75) is 65.3 Å². The van der Waals surface area contributed by atoms with Crippen LogP contribution in [0.2, 0.25) is 0 Å². The first kappa shape index (κ1) is 17.0. The van der Waals surface area contributed by atoms with Gasteiger partial charge in [-0.05, 0) is 48.5 Å². The fourth-order valence-corrected chi connectivity index (χ4v) is 1.59. The lowest BCUT2D eigenvalue weighted by atomic mass is 9.90. The average Bonchev–Trinajstić information content (AvgIpc) is 2.40. The Labute approximate surface area is 122 Å². The number of esters is 1. The van der Waals surface area contributed by atoms with Crippen molar-refractivity contribution in [3.63, 3.8) is 0 Å². The van der Waals surface area contributed by atoms with E-state index in [1.807, 2.05) is 48.5 Å². The second-order valence-corrected chi connectivity index (χ2v) is 6.90. The molecule has 1 fully saturated rings. The van der Waals surface area contributed by atoms with Crippen LogP contribution in [0.15, 0.2) is 24.2 Å². The van der Waals surface area contributed by atoms with E-state index < -0.39 is 12.7 Å². The van der Waals surface area contributed by atoms with Crippen molar-refractivity contribution in [2.24, 2.45) is 0 Å². The SMILES string of the molecule is CC(C)(C)OC(=O)/C=C/C=C\B1OC(C)(C)C(C)(C)O1. The summed E-state index contributed by atoms with van der Waals surface area (Å²) in [5.74, 6) is 1.41. The van der Waals surface area contributed by atoms with Crippen molar-refractivity contribution in [1.29, 1.82) is 0 Å². The summed E-state index contributed by atoms with van der Waals surface area (Å²) in [6.07, 6.45) is 4.73. The van der Waals surface area contributed by atoms with Crippen LogP contribution in [0, 0.1) is 0 Å². The molecule has 20 heavy (non-hydrogen) atoms. The lowest BCUT2D eigenvalue weighted by Gasteiger charge is -2.32. The summed E-state index contributed by atoms with van der Waals surface area (Å²) in [5, 5.41) is 0. The second-order valence-electron chi connectivity index (χ2n) is 6.90. The second kappa shape index (κ2) is 5.74. The van der Waals surface area contributed by atoms with Crippen molar-refractivity contribution in [3.05, 3.63) is 24.2 Å². The molecule has 0 atom stereocenters. The Morgan fingerprint density at radius 1 is 1.05 bits per heavy atom. The van der Waals surface area contributed by atoms with Gasteiger partial charge in [-0.1, -0.05) is 18.1 Å². The minimum Gasteiger partial charge on any atom is -0.457 e. The number of ether oxygens (including phenoxy) is 1. The van der Waals surface area contributed by atoms with Gasteiger partial charge in [-0.2, -0.15) is 0 Å². The van der Waals surface area contributed by atoms with Crippen LogP contribution in [0.25, 0.3) is 0 Å². The van der Waals surface area contributed by atoms with Gasteiger partial charge in [0.25, 0.3) is 0 Å². The molecule has 0 aromatic carbocycles. The van der Waals surface area contributed by atoms with E-state index in [0.29, 0.717) is 0 Å². The predicted molar refractivity (Wildman–Crippen MR) is 80.2 cm³/mol. The maximum absolute atomic E-state index is 11.5. The average molecular weight is 280 g/mol. The van der Waals surface area contributed by atoms with E-state index in [2.05, 4.69) is 0 Å². The minimum atomic E-state index is -0.475. The largest absolute Gasteiger partial charge is 0.487 e. The molecule has 0 aliphatic carbocycles. The quantitative estimate of drug-likeness (QED) is 0.345. The number of allylic oxidation sites excluding steroid dienone is 2. The van der Waals surface area contributed by atoms with Gasteiger partial charge in [-0.3, -0.25) is 0 Å². The molecular weight excluding hydrogens is 255 g/mol.